The van der Waals surface area contributed by atoms with Gasteiger partial charge in [0.15, 0.2) is 5.78 Å². The molecule has 0 spiro atoms. The summed E-state index contributed by atoms with van der Waals surface area (Å²) in [5.74, 6) is -0.943. The molecule has 2 aromatic carbocycles. The number of anilines is 2. The van der Waals surface area contributed by atoms with E-state index in [1.54, 1.807) is 4.90 Å². The standard InChI is InChI=1S/C30H33F3N4O3/c1-29(2)15-22-26(24(38)16-29)27(18-7-9-20(10-8-18)30(31,32)33)37(23-6-4-3-5-21(23)35-22)17-25(39)36-13-11-19(12-14-36)28(34)40/h3-10,19,27,35H,11-17H2,1-2H3,(H2,34,40). The number of ketones is 1. The molecule has 2 heterocycles. The second-order valence-corrected chi connectivity index (χ2v) is 11.7. The average molecular weight is 555 g/mol. The van der Waals surface area contributed by atoms with Crippen molar-refractivity contribution < 1.29 is 27.6 Å². The molecule has 0 aromatic heterocycles. The molecule has 7 nitrogen and oxygen atoms in total. The third kappa shape index (κ3) is 5.44. The van der Waals surface area contributed by atoms with Crippen molar-refractivity contribution in [3.63, 3.8) is 0 Å². The molecule has 5 rings (SSSR count). The summed E-state index contributed by atoms with van der Waals surface area (Å²) in [7, 11) is 0. The van der Waals surface area contributed by atoms with Crippen molar-refractivity contribution in [3.05, 3.63) is 70.9 Å². The number of halogens is 3. The SMILES string of the molecule is CC1(C)CC(=O)C2=C(C1)Nc1ccccc1N(CC(=O)N1CCC(C(N)=O)CC1)C2c1ccc(C(F)(F)F)cc1. The number of nitrogens with zero attached hydrogens (tertiary/aromatic N) is 2. The quantitative estimate of drug-likeness (QED) is 0.552. The lowest BCUT2D eigenvalue weighted by Crippen LogP contribution is -2.47. The van der Waals surface area contributed by atoms with Gasteiger partial charge in [-0.05, 0) is 54.5 Å². The van der Waals surface area contributed by atoms with Crippen LogP contribution >= 0.6 is 0 Å². The highest BCUT2D eigenvalue weighted by Crippen LogP contribution is 2.48. The Hall–Kier alpha value is -3.82. The molecule has 2 aliphatic heterocycles. The van der Waals surface area contributed by atoms with Crippen molar-refractivity contribution in [2.45, 2.75) is 51.7 Å². The summed E-state index contributed by atoms with van der Waals surface area (Å²) in [5.41, 5.74) is 7.44. The molecule has 0 radical (unpaired) electrons. The zero-order chi connectivity index (χ0) is 28.8. The Balaban J connectivity index is 1.59. The van der Waals surface area contributed by atoms with E-state index in [2.05, 4.69) is 5.32 Å². The number of fused-ring (bicyclic) bond motifs is 1. The zero-order valence-corrected chi connectivity index (χ0v) is 22.6. The number of piperidine rings is 1. The van der Waals surface area contributed by atoms with Crippen molar-refractivity contribution in [3.8, 4) is 0 Å². The predicted molar refractivity (Wildman–Crippen MR) is 145 cm³/mol. The molecule has 2 amide bonds. The Bertz CT molecular complexity index is 1360. The molecular formula is C30H33F3N4O3. The number of carbonyl (C=O) groups is 3. The number of hydrogen-bond acceptors (Lipinski definition) is 5. The first kappa shape index (κ1) is 27.7. The van der Waals surface area contributed by atoms with E-state index >= 15 is 0 Å². The van der Waals surface area contributed by atoms with Gasteiger partial charge < -0.3 is 20.9 Å². The van der Waals surface area contributed by atoms with Crippen LogP contribution in [0.4, 0.5) is 24.5 Å². The van der Waals surface area contributed by atoms with E-state index in [0.29, 0.717) is 49.2 Å². The highest BCUT2D eigenvalue weighted by atomic mass is 19.4. The van der Waals surface area contributed by atoms with Crippen LogP contribution in [-0.4, -0.2) is 42.1 Å². The highest BCUT2D eigenvalue weighted by Gasteiger charge is 2.42. The van der Waals surface area contributed by atoms with E-state index in [9.17, 15) is 27.6 Å². The first-order valence-corrected chi connectivity index (χ1v) is 13.5. The summed E-state index contributed by atoms with van der Waals surface area (Å²) in [6.45, 7) is 4.69. The second kappa shape index (κ2) is 10.3. The number of carbonyl (C=O) groups excluding carboxylic acids is 3. The highest BCUT2D eigenvalue weighted by molar-refractivity contribution is 6.02. The Morgan fingerprint density at radius 2 is 1.68 bits per heavy atom. The third-order valence-electron chi connectivity index (χ3n) is 8.11. The lowest BCUT2D eigenvalue weighted by molar-refractivity contribution is -0.137. The van der Waals surface area contributed by atoms with Gasteiger partial charge in [0, 0.05) is 36.7 Å². The van der Waals surface area contributed by atoms with Crippen molar-refractivity contribution in [2.75, 3.05) is 29.9 Å². The smallest absolute Gasteiger partial charge is 0.369 e. The summed E-state index contributed by atoms with van der Waals surface area (Å²) in [6, 6.07) is 11.5. The number of nitrogens with one attached hydrogen (secondary N) is 1. The van der Waals surface area contributed by atoms with Gasteiger partial charge in [-0.25, -0.2) is 0 Å². The van der Waals surface area contributed by atoms with Crippen molar-refractivity contribution in [2.24, 2.45) is 17.1 Å². The van der Waals surface area contributed by atoms with Crippen LogP contribution in [0.3, 0.4) is 0 Å². The summed E-state index contributed by atoms with van der Waals surface area (Å²) in [5, 5.41) is 3.44. The van der Waals surface area contributed by atoms with Gasteiger partial charge in [-0.15, -0.1) is 0 Å². The molecule has 1 atom stereocenters. The summed E-state index contributed by atoms with van der Waals surface area (Å²) in [4.78, 5) is 42.5. The number of Topliss-reactive ketones (excluding diaryl/α,β-unsaturated/α-hetero) is 1. The van der Waals surface area contributed by atoms with E-state index in [0.717, 1.165) is 23.5 Å². The van der Waals surface area contributed by atoms with Crippen LogP contribution in [-0.2, 0) is 20.6 Å². The molecular weight excluding hydrogens is 521 g/mol. The second-order valence-electron chi connectivity index (χ2n) is 11.7. The average Bonchev–Trinajstić information content (AvgIpc) is 3.02. The summed E-state index contributed by atoms with van der Waals surface area (Å²) >= 11 is 0. The van der Waals surface area contributed by atoms with Gasteiger partial charge in [-0.2, -0.15) is 13.2 Å². The van der Waals surface area contributed by atoms with E-state index in [4.69, 9.17) is 5.73 Å². The maximum atomic E-state index is 13.7. The van der Waals surface area contributed by atoms with Crippen LogP contribution in [0.25, 0.3) is 0 Å². The van der Waals surface area contributed by atoms with Gasteiger partial charge in [0.2, 0.25) is 11.8 Å². The van der Waals surface area contributed by atoms with Gasteiger partial charge in [0.25, 0.3) is 0 Å². The molecule has 3 N–H and O–H groups in total. The Morgan fingerprint density at radius 3 is 2.30 bits per heavy atom. The molecule has 0 saturated carbocycles. The molecule has 212 valence electrons. The van der Waals surface area contributed by atoms with Crippen molar-refractivity contribution in [1.82, 2.24) is 4.90 Å². The lowest BCUT2D eigenvalue weighted by atomic mass is 9.73. The third-order valence-corrected chi connectivity index (χ3v) is 8.11. The number of alkyl halides is 3. The minimum absolute atomic E-state index is 0.0981. The fraction of sp³-hybridized carbons (Fsp3) is 0.433. The monoisotopic (exact) mass is 554 g/mol. The van der Waals surface area contributed by atoms with Crippen LogP contribution in [0.5, 0.6) is 0 Å². The molecule has 3 aliphatic rings. The molecule has 1 aliphatic carbocycles. The number of benzene rings is 2. The minimum atomic E-state index is -4.50. The fourth-order valence-corrected chi connectivity index (χ4v) is 6.09. The number of hydrogen-bond donors (Lipinski definition) is 2. The van der Waals surface area contributed by atoms with E-state index < -0.39 is 17.8 Å². The zero-order valence-electron chi connectivity index (χ0n) is 22.6. The molecule has 10 heteroatoms. The molecule has 40 heavy (non-hydrogen) atoms. The number of nitrogens with two attached hydrogens (primary N) is 1. The molecule has 1 unspecified atom stereocenters. The first-order valence-electron chi connectivity index (χ1n) is 13.5. The van der Waals surface area contributed by atoms with Crippen LogP contribution in [0.2, 0.25) is 0 Å². The summed E-state index contributed by atoms with van der Waals surface area (Å²) < 4.78 is 40.2. The van der Waals surface area contributed by atoms with E-state index in [1.165, 1.54) is 12.1 Å². The molecule has 0 bridgehead atoms. The van der Waals surface area contributed by atoms with Gasteiger partial charge in [0.1, 0.15) is 0 Å². The lowest BCUT2D eigenvalue weighted by Gasteiger charge is -2.39. The minimum Gasteiger partial charge on any atom is -0.369 e. The molecule has 1 fully saturated rings. The maximum Gasteiger partial charge on any atom is 0.416 e. The van der Waals surface area contributed by atoms with Crippen LogP contribution in [0, 0.1) is 11.3 Å². The summed E-state index contributed by atoms with van der Waals surface area (Å²) in [6.07, 6.45) is -2.70. The van der Waals surface area contributed by atoms with Crippen LogP contribution in [0.15, 0.2) is 59.8 Å². The van der Waals surface area contributed by atoms with E-state index in [1.807, 2.05) is 43.0 Å². The van der Waals surface area contributed by atoms with Crippen molar-refractivity contribution in [1.29, 1.82) is 0 Å². The normalized spacial score (nSPS) is 21.3. The predicted octanol–water partition coefficient (Wildman–Crippen LogP) is 5.05. The molecule has 1 saturated heterocycles. The Kier molecular flexibility index (Phi) is 7.14. The van der Waals surface area contributed by atoms with Crippen LogP contribution in [0.1, 0.15) is 56.7 Å². The maximum absolute atomic E-state index is 13.7. The van der Waals surface area contributed by atoms with Gasteiger partial charge in [-0.1, -0.05) is 38.1 Å². The van der Waals surface area contributed by atoms with Gasteiger partial charge in [0.05, 0.1) is 29.5 Å². The number of primary amides is 1. The van der Waals surface area contributed by atoms with Gasteiger partial charge in [-0.3, -0.25) is 14.4 Å². The Labute approximate surface area is 231 Å². The number of rotatable bonds is 4. The number of likely N-dealkylation sites (tertiary alicyclic amines) is 1. The van der Waals surface area contributed by atoms with Crippen molar-refractivity contribution >= 4 is 29.0 Å². The largest absolute Gasteiger partial charge is 0.416 e. The van der Waals surface area contributed by atoms with Gasteiger partial charge >= 0.3 is 6.18 Å². The number of para-hydroxylation sites is 2. The topological polar surface area (TPSA) is 95.7 Å². The Morgan fingerprint density at radius 1 is 1.02 bits per heavy atom. The molecule has 2 aromatic rings. The van der Waals surface area contributed by atoms with Crippen LogP contribution < -0.4 is 16.0 Å². The first-order chi connectivity index (χ1) is 18.8. The number of amides is 2. The fourth-order valence-electron chi connectivity index (χ4n) is 6.09. The van der Waals surface area contributed by atoms with E-state index in [-0.39, 0.29) is 41.9 Å². The number of allylic oxidation sites excluding steroid dienone is 1.